The number of allylic oxidation sites excluding steroid dienone is 2. The number of rotatable bonds is 8. The van der Waals surface area contributed by atoms with E-state index in [2.05, 4.69) is 29.3 Å². The second-order valence-electron chi connectivity index (χ2n) is 9.03. The van der Waals surface area contributed by atoms with Gasteiger partial charge in [0.05, 0.1) is 5.56 Å². The minimum atomic E-state index is -4.37. The molecule has 2 aliphatic rings. The van der Waals surface area contributed by atoms with Gasteiger partial charge in [-0.3, -0.25) is 4.98 Å². The lowest BCUT2D eigenvalue weighted by molar-refractivity contribution is -0.137. The van der Waals surface area contributed by atoms with E-state index in [4.69, 9.17) is 4.74 Å². The third kappa shape index (κ3) is 5.41. The fourth-order valence-corrected chi connectivity index (χ4v) is 4.39. The number of ether oxygens (including phenoxy) is 1. The van der Waals surface area contributed by atoms with Crippen LogP contribution in [0.3, 0.4) is 0 Å². The summed E-state index contributed by atoms with van der Waals surface area (Å²) in [7, 11) is 0. The van der Waals surface area contributed by atoms with Crippen LogP contribution in [-0.4, -0.2) is 4.98 Å². The van der Waals surface area contributed by atoms with Crippen molar-refractivity contribution in [2.75, 3.05) is 0 Å². The highest BCUT2D eigenvalue weighted by Gasteiger charge is 2.38. The van der Waals surface area contributed by atoms with Gasteiger partial charge in [0.25, 0.3) is 0 Å². The normalized spacial score (nSPS) is 16.8. The molecule has 5 rings (SSSR count). The Balaban J connectivity index is 1.51. The van der Waals surface area contributed by atoms with E-state index in [0.717, 1.165) is 54.2 Å². The largest absolute Gasteiger partial charge is 0.489 e. The zero-order valence-electron chi connectivity index (χ0n) is 18.8. The summed E-state index contributed by atoms with van der Waals surface area (Å²) < 4.78 is 46.0. The summed E-state index contributed by atoms with van der Waals surface area (Å²) in [5.41, 5.74) is 4.41. The van der Waals surface area contributed by atoms with Gasteiger partial charge >= 0.3 is 6.18 Å². The van der Waals surface area contributed by atoms with Gasteiger partial charge in [-0.15, -0.1) is 0 Å². The highest BCUT2D eigenvalue weighted by atomic mass is 19.4. The van der Waals surface area contributed by atoms with Crippen LogP contribution >= 0.6 is 0 Å². The average Bonchev–Trinajstić information content (AvgIpc) is 3.75. The van der Waals surface area contributed by atoms with Crippen LogP contribution in [0.5, 0.6) is 0 Å². The number of hydrogen-bond donors (Lipinski definition) is 0. The third-order valence-electron chi connectivity index (χ3n) is 6.31. The van der Waals surface area contributed by atoms with Gasteiger partial charge in [0, 0.05) is 23.9 Å². The molecule has 34 heavy (non-hydrogen) atoms. The highest BCUT2D eigenvalue weighted by molar-refractivity contribution is 5.62. The van der Waals surface area contributed by atoms with Crippen LogP contribution in [0.15, 0.2) is 96.0 Å². The van der Waals surface area contributed by atoms with E-state index < -0.39 is 11.7 Å². The molecule has 0 amide bonds. The molecule has 0 aliphatic heterocycles. The summed E-state index contributed by atoms with van der Waals surface area (Å²) in [6.07, 6.45) is 5.70. The monoisotopic (exact) mass is 461 g/mol. The predicted octanol–water partition coefficient (Wildman–Crippen LogP) is 7.94. The lowest BCUT2D eigenvalue weighted by atomic mass is 9.85. The number of aromatic nitrogens is 1. The van der Waals surface area contributed by atoms with Crippen molar-refractivity contribution >= 4 is 6.08 Å². The van der Waals surface area contributed by atoms with Gasteiger partial charge < -0.3 is 4.74 Å². The average molecular weight is 462 g/mol. The molecular formula is C29H26F3NO. The molecule has 0 saturated heterocycles. The van der Waals surface area contributed by atoms with Crippen LogP contribution in [0.25, 0.3) is 6.08 Å². The maximum Gasteiger partial charge on any atom is 0.416 e. The van der Waals surface area contributed by atoms with Crippen molar-refractivity contribution in [3.63, 3.8) is 0 Å². The van der Waals surface area contributed by atoms with Crippen molar-refractivity contribution in [2.45, 2.75) is 44.4 Å². The first kappa shape index (κ1) is 22.5. The number of hydrogen-bond acceptors (Lipinski definition) is 2. The van der Waals surface area contributed by atoms with E-state index in [0.29, 0.717) is 11.5 Å². The van der Waals surface area contributed by atoms with Crippen molar-refractivity contribution < 1.29 is 17.9 Å². The fourth-order valence-electron chi connectivity index (χ4n) is 4.39. The first-order valence-electron chi connectivity index (χ1n) is 11.7. The van der Waals surface area contributed by atoms with Gasteiger partial charge in [0.1, 0.15) is 12.4 Å². The lowest BCUT2D eigenvalue weighted by Crippen LogP contribution is -2.11. The van der Waals surface area contributed by atoms with E-state index in [1.165, 1.54) is 17.7 Å². The Labute approximate surface area is 197 Å². The maximum atomic E-state index is 13.2. The molecule has 0 N–H and O–H groups in total. The number of halogens is 3. The molecule has 1 atom stereocenters. The molecule has 2 fully saturated rings. The summed E-state index contributed by atoms with van der Waals surface area (Å²) in [5.74, 6) is 1.48. The van der Waals surface area contributed by atoms with Crippen molar-refractivity contribution in [1.29, 1.82) is 0 Å². The first-order valence-corrected chi connectivity index (χ1v) is 11.7. The van der Waals surface area contributed by atoms with Gasteiger partial charge in [-0.25, -0.2) is 0 Å². The summed E-state index contributed by atoms with van der Waals surface area (Å²) >= 11 is 0. The summed E-state index contributed by atoms with van der Waals surface area (Å²) in [5, 5.41) is 0. The van der Waals surface area contributed by atoms with E-state index in [-0.39, 0.29) is 12.5 Å². The first-order chi connectivity index (χ1) is 16.5. The Morgan fingerprint density at radius 3 is 2.44 bits per heavy atom. The van der Waals surface area contributed by atoms with E-state index >= 15 is 0 Å². The van der Waals surface area contributed by atoms with Gasteiger partial charge in [0.2, 0.25) is 0 Å². The molecule has 1 heterocycles. The standard InChI is InChI=1S/C29H26F3NO/c30-29(31,32)25-10-4-8-21(16-25)19-34-28(23-13-14-23)26(17-20-6-2-1-3-7-20)27(22-11-12-22)24-9-5-15-33-18-24/h1-10,15-18,22,27H,11-14,19H2/b26-17-. The molecule has 0 radical (unpaired) electrons. The highest BCUT2D eigenvalue weighted by Crippen LogP contribution is 2.51. The second kappa shape index (κ2) is 9.49. The van der Waals surface area contributed by atoms with Gasteiger partial charge in [-0.05, 0) is 78.1 Å². The van der Waals surface area contributed by atoms with Gasteiger partial charge in [-0.2, -0.15) is 13.2 Å². The third-order valence-corrected chi connectivity index (χ3v) is 6.31. The van der Waals surface area contributed by atoms with Crippen molar-refractivity contribution in [2.24, 2.45) is 5.92 Å². The quantitative estimate of drug-likeness (QED) is 0.318. The molecule has 2 aromatic carbocycles. The van der Waals surface area contributed by atoms with Crippen LogP contribution in [0.2, 0.25) is 0 Å². The van der Waals surface area contributed by atoms with E-state index in [1.54, 1.807) is 12.3 Å². The summed E-state index contributed by atoms with van der Waals surface area (Å²) in [6, 6.07) is 19.6. The number of benzene rings is 2. The maximum absolute atomic E-state index is 13.2. The molecule has 2 aliphatic carbocycles. The topological polar surface area (TPSA) is 22.1 Å². The Kier molecular flexibility index (Phi) is 6.27. The molecule has 3 aromatic rings. The SMILES string of the molecule is FC(F)(F)c1cccc(COC(=C2CC2)/C(=C\c2ccccc2)C(c2cccnc2)C2CC2)c1. The Morgan fingerprint density at radius 2 is 1.79 bits per heavy atom. The van der Waals surface area contributed by atoms with Crippen LogP contribution in [0.1, 0.15) is 53.9 Å². The van der Waals surface area contributed by atoms with Gasteiger partial charge in [-0.1, -0.05) is 48.5 Å². The molecule has 5 heteroatoms. The van der Waals surface area contributed by atoms with Crippen molar-refractivity contribution in [3.05, 3.63) is 118 Å². The lowest BCUT2D eigenvalue weighted by Gasteiger charge is -2.24. The van der Waals surface area contributed by atoms with Crippen LogP contribution in [0.4, 0.5) is 13.2 Å². The smallest absolute Gasteiger partial charge is 0.416 e. The molecule has 1 aromatic heterocycles. The predicted molar refractivity (Wildman–Crippen MR) is 127 cm³/mol. The van der Waals surface area contributed by atoms with E-state index in [1.807, 2.05) is 30.5 Å². The van der Waals surface area contributed by atoms with E-state index in [9.17, 15) is 13.2 Å². The molecule has 0 bridgehead atoms. The Hall–Kier alpha value is -3.34. The molecule has 174 valence electrons. The second-order valence-corrected chi connectivity index (χ2v) is 9.03. The Morgan fingerprint density at radius 1 is 1.00 bits per heavy atom. The fraction of sp³-hybridized carbons (Fsp3) is 0.276. The van der Waals surface area contributed by atoms with Gasteiger partial charge in [0.15, 0.2) is 0 Å². The zero-order chi connectivity index (χ0) is 23.5. The van der Waals surface area contributed by atoms with Crippen molar-refractivity contribution in [3.8, 4) is 0 Å². The zero-order valence-corrected chi connectivity index (χ0v) is 18.8. The number of pyridine rings is 1. The summed E-state index contributed by atoms with van der Waals surface area (Å²) in [6.45, 7) is 0.0965. The van der Waals surface area contributed by atoms with Crippen LogP contribution in [-0.2, 0) is 17.5 Å². The minimum Gasteiger partial charge on any atom is -0.489 e. The molecule has 2 saturated carbocycles. The molecular weight excluding hydrogens is 435 g/mol. The van der Waals surface area contributed by atoms with Crippen LogP contribution in [0, 0.1) is 5.92 Å². The molecule has 1 unspecified atom stereocenters. The van der Waals surface area contributed by atoms with Crippen LogP contribution < -0.4 is 0 Å². The Bertz CT molecular complexity index is 1190. The summed E-state index contributed by atoms with van der Waals surface area (Å²) in [4.78, 5) is 4.36. The van der Waals surface area contributed by atoms with Crippen molar-refractivity contribution in [1.82, 2.24) is 4.98 Å². The molecule has 2 nitrogen and oxygen atoms in total. The minimum absolute atomic E-state index is 0.0965. The number of nitrogens with zero attached hydrogens (tertiary/aromatic N) is 1. The molecule has 0 spiro atoms. The number of alkyl halides is 3.